The van der Waals surface area contributed by atoms with Gasteiger partial charge in [0.2, 0.25) is 0 Å². The van der Waals surface area contributed by atoms with Crippen LogP contribution in [-0.4, -0.2) is 43.6 Å². The van der Waals surface area contributed by atoms with Gasteiger partial charge in [0.15, 0.2) is 0 Å². The van der Waals surface area contributed by atoms with E-state index in [0.29, 0.717) is 12.6 Å². The van der Waals surface area contributed by atoms with Gasteiger partial charge in [-0.2, -0.15) is 10.2 Å². The Bertz CT molecular complexity index is 817. The summed E-state index contributed by atoms with van der Waals surface area (Å²) >= 11 is 0. The van der Waals surface area contributed by atoms with Gasteiger partial charge in [-0.1, -0.05) is 19.3 Å². The summed E-state index contributed by atoms with van der Waals surface area (Å²) in [7, 11) is 0. The Labute approximate surface area is 160 Å². The Balaban J connectivity index is 1.43. The van der Waals surface area contributed by atoms with Gasteiger partial charge in [-0.3, -0.25) is 10.00 Å². The van der Waals surface area contributed by atoms with E-state index in [0.717, 1.165) is 48.7 Å². The third kappa shape index (κ3) is 3.73. The molecule has 0 aromatic carbocycles. The van der Waals surface area contributed by atoms with Gasteiger partial charge in [-0.05, 0) is 46.1 Å². The minimum absolute atomic E-state index is 0.0315. The molecule has 0 bridgehead atoms. The number of carbonyl (C=O) groups excluding carboxylic acids is 1. The van der Waals surface area contributed by atoms with E-state index in [4.69, 9.17) is 0 Å². The van der Waals surface area contributed by atoms with Crippen molar-refractivity contribution in [1.82, 2.24) is 24.5 Å². The van der Waals surface area contributed by atoms with Crippen molar-refractivity contribution in [3.8, 4) is 0 Å². The summed E-state index contributed by atoms with van der Waals surface area (Å²) in [5, 5.41) is 12.4. The number of hydrogen-bond acceptors (Lipinski definition) is 3. The average Bonchev–Trinajstić information content (AvgIpc) is 3.34. The summed E-state index contributed by atoms with van der Waals surface area (Å²) in [5.74, 6) is 0.832. The first-order valence-electron chi connectivity index (χ1n) is 10.2. The lowest BCUT2D eigenvalue weighted by Gasteiger charge is -2.25. The van der Waals surface area contributed by atoms with Gasteiger partial charge >= 0.3 is 6.03 Å². The largest absolute Gasteiger partial charge is 0.323 e. The molecular formula is C20H30N6O. The van der Waals surface area contributed by atoms with Crippen molar-refractivity contribution in [3.05, 3.63) is 29.2 Å². The van der Waals surface area contributed by atoms with Gasteiger partial charge in [0.1, 0.15) is 5.82 Å². The molecule has 1 aliphatic carbocycles. The maximum absolute atomic E-state index is 12.9. The van der Waals surface area contributed by atoms with Crippen molar-refractivity contribution in [2.75, 3.05) is 18.4 Å². The number of nitrogens with zero attached hydrogens (tertiary/aromatic N) is 5. The van der Waals surface area contributed by atoms with E-state index in [-0.39, 0.29) is 12.1 Å². The Morgan fingerprint density at radius 3 is 2.37 bits per heavy atom. The van der Waals surface area contributed by atoms with E-state index in [1.165, 1.54) is 19.3 Å². The average molecular weight is 371 g/mol. The van der Waals surface area contributed by atoms with Crippen molar-refractivity contribution in [1.29, 1.82) is 0 Å². The molecule has 1 unspecified atom stereocenters. The van der Waals surface area contributed by atoms with Gasteiger partial charge in [0, 0.05) is 24.8 Å². The molecule has 2 aromatic heterocycles. The van der Waals surface area contributed by atoms with E-state index in [9.17, 15) is 4.79 Å². The van der Waals surface area contributed by atoms with Crippen molar-refractivity contribution in [2.24, 2.45) is 0 Å². The summed E-state index contributed by atoms with van der Waals surface area (Å²) < 4.78 is 4.11. The molecule has 27 heavy (non-hydrogen) atoms. The molecule has 1 N–H and O–H groups in total. The maximum Gasteiger partial charge on any atom is 0.323 e. The molecule has 146 valence electrons. The molecule has 2 fully saturated rings. The summed E-state index contributed by atoms with van der Waals surface area (Å²) in [6.07, 6.45) is 7.03. The van der Waals surface area contributed by atoms with Crippen LogP contribution in [-0.2, 0) is 0 Å². The minimum atomic E-state index is -0.0315. The lowest BCUT2D eigenvalue weighted by atomic mass is 9.96. The molecule has 1 saturated heterocycles. The van der Waals surface area contributed by atoms with E-state index >= 15 is 0 Å². The van der Waals surface area contributed by atoms with Gasteiger partial charge in [-0.15, -0.1) is 0 Å². The summed E-state index contributed by atoms with van der Waals surface area (Å²) in [5.41, 5.74) is 3.14. The van der Waals surface area contributed by atoms with Gasteiger partial charge in [-0.25, -0.2) is 9.48 Å². The Morgan fingerprint density at radius 1 is 0.963 bits per heavy atom. The Hall–Kier alpha value is -2.31. The zero-order valence-electron chi connectivity index (χ0n) is 16.6. The number of anilines is 1. The van der Waals surface area contributed by atoms with Crippen LogP contribution >= 0.6 is 0 Å². The zero-order chi connectivity index (χ0) is 19.0. The van der Waals surface area contributed by atoms with Crippen molar-refractivity contribution in [2.45, 2.75) is 71.4 Å². The van der Waals surface area contributed by atoms with Crippen LogP contribution < -0.4 is 5.32 Å². The molecule has 2 aromatic rings. The fraction of sp³-hybridized carbons (Fsp3) is 0.650. The second-order valence-electron chi connectivity index (χ2n) is 8.10. The van der Waals surface area contributed by atoms with Crippen LogP contribution in [0.5, 0.6) is 0 Å². The normalized spacial score (nSPS) is 21.0. The monoisotopic (exact) mass is 370 g/mol. The fourth-order valence-corrected chi connectivity index (χ4v) is 4.54. The number of rotatable bonds is 3. The topological polar surface area (TPSA) is 68.0 Å². The van der Waals surface area contributed by atoms with Gasteiger partial charge in [0.05, 0.1) is 23.5 Å². The molecule has 0 spiro atoms. The van der Waals surface area contributed by atoms with Crippen LogP contribution in [0.4, 0.5) is 10.6 Å². The number of carbonyl (C=O) groups is 1. The van der Waals surface area contributed by atoms with Crippen molar-refractivity contribution < 1.29 is 4.79 Å². The lowest BCUT2D eigenvalue weighted by Crippen LogP contribution is -2.34. The summed E-state index contributed by atoms with van der Waals surface area (Å²) in [4.78, 5) is 14.8. The highest BCUT2D eigenvalue weighted by molar-refractivity contribution is 5.88. The highest BCUT2D eigenvalue weighted by Crippen LogP contribution is 2.31. The number of likely N-dealkylation sites (tertiary alicyclic amines) is 1. The highest BCUT2D eigenvalue weighted by Gasteiger charge is 2.30. The van der Waals surface area contributed by atoms with Crippen molar-refractivity contribution >= 4 is 11.8 Å². The second-order valence-corrected chi connectivity index (χ2v) is 8.10. The van der Waals surface area contributed by atoms with E-state index < -0.39 is 0 Å². The molecule has 7 heteroatoms. The molecule has 0 radical (unpaired) electrons. The number of aromatic nitrogens is 4. The van der Waals surface area contributed by atoms with E-state index in [2.05, 4.69) is 33.2 Å². The summed E-state index contributed by atoms with van der Waals surface area (Å²) in [6.45, 7) is 7.53. The zero-order valence-corrected chi connectivity index (χ0v) is 16.6. The van der Waals surface area contributed by atoms with Gasteiger partial charge in [0.25, 0.3) is 0 Å². The third-order valence-corrected chi connectivity index (χ3v) is 5.85. The molecule has 3 heterocycles. The highest BCUT2D eigenvalue weighted by atomic mass is 16.2. The molecule has 7 nitrogen and oxygen atoms in total. The molecule has 2 amide bonds. The first kappa shape index (κ1) is 18.1. The quantitative estimate of drug-likeness (QED) is 0.888. The predicted molar refractivity (Wildman–Crippen MR) is 105 cm³/mol. The molecule has 1 saturated carbocycles. The van der Waals surface area contributed by atoms with Crippen LogP contribution in [0, 0.1) is 20.8 Å². The molecule has 1 atom stereocenters. The fourth-order valence-electron chi connectivity index (χ4n) is 4.54. The van der Waals surface area contributed by atoms with Crippen LogP contribution in [0.3, 0.4) is 0 Å². The third-order valence-electron chi connectivity index (χ3n) is 5.85. The number of aryl methyl sites for hydroxylation is 3. The molecule has 2 aliphatic rings. The lowest BCUT2D eigenvalue weighted by molar-refractivity contribution is 0.220. The van der Waals surface area contributed by atoms with Crippen LogP contribution in [0.25, 0.3) is 0 Å². The number of urea groups is 1. The minimum Gasteiger partial charge on any atom is -0.322 e. The number of nitrogens with one attached hydrogen (secondary N) is 1. The molecule has 1 aliphatic heterocycles. The first-order chi connectivity index (χ1) is 13.0. The van der Waals surface area contributed by atoms with Crippen LogP contribution in [0.1, 0.15) is 67.7 Å². The van der Waals surface area contributed by atoms with E-state index in [1.54, 1.807) is 0 Å². The smallest absolute Gasteiger partial charge is 0.322 e. The second kappa shape index (κ2) is 7.37. The number of amides is 2. The van der Waals surface area contributed by atoms with E-state index in [1.807, 2.05) is 29.5 Å². The van der Waals surface area contributed by atoms with Crippen LogP contribution in [0.2, 0.25) is 0 Å². The molecule has 4 rings (SSSR count). The van der Waals surface area contributed by atoms with Gasteiger partial charge < -0.3 is 4.90 Å². The standard InChI is InChI=1S/C20H30N6O/c1-14-11-16(3)25(22-14)18-9-10-24(13-18)20(27)21-19-12-15(2)23-26(19)17-7-5-4-6-8-17/h11-12,17-18H,4-10,13H2,1-3H3,(H,21,27). The van der Waals surface area contributed by atoms with Crippen molar-refractivity contribution in [3.63, 3.8) is 0 Å². The SMILES string of the molecule is Cc1cc(C)n(C2CCN(C(=O)Nc3cc(C)nn3C3CCCCC3)C2)n1. The number of hydrogen-bond donors (Lipinski definition) is 1. The Kier molecular flexibility index (Phi) is 4.93. The Morgan fingerprint density at radius 2 is 1.67 bits per heavy atom. The summed E-state index contributed by atoms with van der Waals surface area (Å²) in [6, 6.07) is 4.71. The van der Waals surface area contributed by atoms with Crippen LogP contribution in [0.15, 0.2) is 12.1 Å². The first-order valence-corrected chi connectivity index (χ1v) is 10.2. The predicted octanol–water partition coefficient (Wildman–Crippen LogP) is 3.99. The maximum atomic E-state index is 12.9. The molecular weight excluding hydrogens is 340 g/mol.